The first-order valence-corrected chi connectivity index (χ1v) is 6.34. The van der Waals surface area contributed by atoms with Gasteiger partial charge in [0, 0.05) is 12.6 Å². The molecule has 0 fully saturated rings. The van der Waals surface area contributed by atoms with Crippen LogP contribution in [0.1, 0.15) is 21.7 Å². The van der Waals surface area contributed by atoms with Crippen LogP contribution < -0.4 is 0 Å². The fourth-order valence-corrected chi connectivity index (χ4v) is 2.09. The Balaban J connectivity index is 1.71. The van der Waals surface area contributed by atoms with Crippen LogP contribution in [0.5, 0.6) is 0 Å². The molecule has 0 aliphatic carbocycles. The summed E-state index contributed by atoms with van der Waals surface area (Å²) in [5.74, 6) is -0.0130. The number of aromatic carboxylic acids is 1. The second-order valence-electron chi connectivity index (χ2n) is 4.56. The zero-order valence-corrected chi connectivity index (χ0v) is 10.7. The van der Waals surface area contributed by atoms with Crippen molar-refractivity contribution in [3.05, 3.63) is 59.5 Å². The van der Waals surface area contributed by atoms with Crippen molar-refractivity contribution < 1.29 is 9.90 Å². The Morgan fingerprint density at radius 2 is 1.95 bits per heavy atom. The molecule has 5 heteroatoms. The topological polar surface area (TPSA) is 78.9 Å². The molecule has 0 aliphatic rings. The lowest BCUT2D eigenvalue weighted by atomic mass is 10.1. The predicted molar refractivity (Wildman–Crippen MR) is 74.7 cm³/mol. The molecule has 5 nitrogen and oxygen atoms in total. The fraction of sp³-hybridized carbons (Fsp3) is 0.133. The molecule has 0 bridgehead atoms. The van der Waals surface area contributed by atoms with Crippen LogP contribution in [0.25, 0.3) is 11.2 Å². The van der Waals surface area contributed by atoms with Crippen LogP contribution in [-0.4, -0.2) is 26.0 Å². The molecule has 0 atom stereocenters. The quantitative estimate of drug-likeness (QED) is 0.761. The van der Waals surface area contributed by atoms with E-state index in [-0.39, 0.29) is 0 Å². The number of rotatable bonds is 4. The molecule has 0 radical (unpaired) electrons. The van der Waals surface area contributed by atoms with Gasteiger partial charge in [0.2, 0.25) is 0 Å². The Bertz CT molecular complexity index is 714. The molecule has 0 aliphatic heterocycles. The number of carbonyl (C=O) groups is 1. The van der Waals surface area contributed by atoms with Crippen LogP contribution >= 0.6 is 0 Å². The van der Waals surface area contributed by atoms with Crippen molar-refractivity contribution in [2.24, 2.45) is 0 Å². The number of carboxylic acid groups (broad SMARTS) is 1. The van der Waals surface area contributed by atoms with Crippen molar-refractivity contribution in [1.29, 1.82) is 0 Å². The van der Waals surface area contributed by atoms with E-state index in [1.54, 1.807) is 18.3 Å². The molecule has 1 aromatic carbocycles. The van der Waals surface area contributed by atoms with Crippen molar-refractivity contribution in [1.82, 2.24) is 15.0 Å². The van der Waals surface area contributed by atoms with Gasteiger partial charge in [-0.3, -0.25) is 0 Å². The molecule has 2 heterocycles. The van der Waals surface area contributed by atoms with Crippen LogP contribution in [0, 0.1) is 0 Å². The van der Waals surface area contributed by atoms with Crippen LogP contribution in [0.4, 0.5) is 0 Å². The smallest absolute Gasteiger partial charge is 0.335 e. The van der Waals surface area contributed by atoms with E-state index in [2.05, 4.69) is 15.0 Å². The maximum atomic E-state index is 10.8. The molecule has 100 valence electrons. The lowest BCUT2D eigenvalue weighted by molar-refractivity contribution is 0.0697. The number of nitrogens with one attached hydrogen (secondary N) is 1. The zero-order chi connectivity index (χ0) is 13.9. The summed E-state index contributed by atoms with van der Waals surface area (Å²) in [6, 6.07) is 10.7. The highest BCUT2D eigenvalue weighted by Crippen LogP contribution is 2.11. The van der Waals surface area contributed by atoms with Crippen molar-refractivity contribution in [2.75, 3.05) is 0 Å². The minimum absolute atomic E-state index is 0.307. The summed E-state index contributed by atoms with van der Waals surface area (Å²) in [5, 5.41) is 8.84. The number of nitrogens with zero attached hydrogens (tertiary/aromatic N) is 2. The summed E-state index contributed by atoms with van der Waals surface area (Å²) in [6.07, 6.45) is 3.29. The summed E-state index contributed by atoms with van der Waals surface area (Å²) < 4.78 is 0. The van der Waals surface area contributed by atoms with Gasteiger partial charge >= 0.3 is 5.97 Å². The Morgan fingerprint density at radius 3 is 2.65 bits per heavy atom. The number of H-pyrrole nitrogens is 1. The van der Waals surface area contributed by atoms with Gasteiger partial charge in [-0.2, -0.15) is 0 Å². The molecule has 2 aromatic heterocycles. The van der Waals surface area contributed by atoms with Gasteiger partial charge in [-0.25, -0.2) is 14.8 Å². The number of aromatic nitrogens is 3. The molecular formula is C15H13N3O2. The maximum Gasteiger partial charge on any atom is 0.335 e. The van der Waals surface area contributed by atoms with E-state index in [1.165, 1.54) is 0 Å². The van der Waals surface area contributed by atoms with Gasteiger partial charge in [0.05, 0.1) is 11.1 Å². The number of fused-ring (bicyclic) bond motifs is 1. The minimum Gasteiger partial charge on any atom is -0.478 e. The second-order valence-corrected chi connectivity index (χ2v) is 4.56. The average Bonchev–Trinajstić information content (AvgIpc) is 2.88. The molecule has 0 unspecified atom stereocenters. The molecule has 0 saturated heterocycles. The molecule has 0 spiro atoms. The predicted octanol–water partition coefficient (Wildman–Crippen LogP) is 2.44. The highest BCUT2D eigenvalue weighted by atomic mass is 16.4. The lowest BCUT2D eigenvalue weighted by Gasteiger charge is -2.00. The van der Waals surface area contributed by atoms with E-state index in [1.807, 2.05) is 24.3 Å². The third kappa shape index (κ3) is 2.51. The van der Waals surface area contributed by atoms with E-state index in [4.69, 9.17) is 5.11 Å². The largest absolute Gasteiger partial charge is 0.478 e. The average molecular weight is 267 g/mol. The highest BCUT2D eigenvalue weighted by Gasteiger charge is 2.05. The molecular weight excluding hydrogens is 254 g/mol. The second kappa shape index (κ2) is 5.13. The normalized spacial score (nSPS) is 10.8. The standard InChI is InChI=1S/C15H13N3O2/c19-15(20)11-6-3-10(4-7-11)5-8-13-17-12-2-1-9-16-14(12)18-13/h1-4,6-7,9H,5,8H2,(H,19,20)(H,16,17,18). The first kappa shape index (κ1) is 12.3. The van der Waals surface area contributed by atoms with Gasteiger partial charge in [0.25, 0.3) is 0 Å². The number of hydrogen-bond acceptors (Lipinski definition) is 3. The fourth-order valence-electron chi connectivity index (χ4n) is 2.09. The van der Waals surface area contributed by atoms with E-state index in [9.17, 15) is 4.79 Å². The minimum atomic E-state index is -0.903. The summed E-state index contributed by atoms with van der Waals surface area (Å²) >= 11 is 0. The number of aryl methyl sites for hydroxylation is 2. The number of carboxylic acids is 1. The molecule has 20 heavy (non-hydrogen) atoms. The first-order valence-electron chi connectivity index (χ1n) is 6.34. The van der Waals surface area contributed by atoms with E-state index >= 15 is 0 Å². The molecule has 2 N–H and O–H groups in total. The van der Waals surface area contributed by atoms with Gasteiger partial charge in [-0.05, 0) is 36.2 Å². The summed E-state index contributed by atoms with van der Waals surface area (Å²) in [7, 11) is 0. The van der Waals surface area contributed by atoms with Crippen LogP contribution in [0.15, 0.2) is 42.6 Å². The summed E-state index contributed by atoms with van der Waals surface area (Å²) in [4.78, 5) is 22.6. The Hall–Kier alpha value is -2.69. The van der Waals surface area contributed by atoms with Crippen molar-refractivity contribution in [2.45, 2.75) is 12.8 Å². The van der Waals surface area contributed by atoms with Gasteiger partial charge < -0.3 is 10.1 Å². The van der Waals surface area contributed by atoms with Crippen LogP contribution in [-0.2, 0) is 12.8 Å². The number of imidazole rings is 1. The van der Waals surface area contributed by atoms with E-state index < -0.39 is 5.97 Å². The third-order valence-corrected chi connectivity index (χ3v) is 3.16. The maximum absolute atomic E-state index is 10.8. The van der Waals surface area contributed by atoms with Crippen molar-refractivity contribution in [3.63, 3.8) is 0 Å². The van der Waals surface area contributed by atoms with Gasteiger partial charge in [-0.1, -0.05) is 12.1 Å². The van der Waals surface area contributed by atoms with Gasteiger partial charge in [-0.15, -0.1) is 0 Å². The van der Waals surface area contributed by atoms with Crippen molar-refractivity contribution in [3.8, 4) is 0 Å². The Morgan fingerprint density at radius 1 is 1.15 bits per heavy atom. The summed E-state index contributed by atoms with van der Waals surface area (Å²) in [5.41, 5.74) is 3.05. The first-order chi connectivity index (χ1) is 9.72. The number of benzene rings is 1. The SMILES string of the molecule is O=C(O)c1ccc(CCc2nc3ncccc3[nH]2)cc1. The number of hydrogen-bond donors (Lipinski definition) is 2. The molecule has 0 amide bonds. The Kier molecular flexibility index (Phi) is 3.16. The van der Waals surface area contributed by atoms with Crippen molar-refractivity contribution >= 4 is 17.1 Å². The molecule has 3 aromatic rings. The lowest BCUT2D eigenvalue weighted by Crippen LogP contribution is -1.97. The zero-order valence-electron chi connectivity index (χ0n) is 10.7. The Labute approximate surface area is 115 Å². The van der Waals surface area contributed by atoms with Crippen LogP contribution in [0.3, 0.4) is 0 Å². The molecule has 0 saturated carbocycles. The number of aromatic amines is 1. The van der Waals surface area contributed by atoms with Gasteiger partial charge in [0.15, 0.2) is 5.65 Å². The highest BCUT2D eigenvalue weighted by molar-refractivity contribution is 5.87. The van der Waals surface area contributed by atoms with E-state index in [0.717, 1.165) is 35.4 Å². The molecule has 3 rings (SSSR count). The van der Waals surface area contributed by atoms with Crippen LogP contribution in [0.2, 0.25) is 0 Å². The van der Waals surface area contributed by atoms with Gasteiger partial charge in [0.1, 0.15) is 5.82 Å². The third-order valence-electron chi connectivity index (χ3n) is 3.16. The monoisotopic (exact) mass is 267 g/mol. The summed E-state index contributed by atoms with van der Waals surface area (Å²) in [6.45, 7) is 0. The van der Waals surface area contributed by atoms with E-state index in [0.29, 0.717) is 5.56 Å². The number of pyridine rings is 1.